The zero-order valence-corrected chi connectivity index (χ0v) is 22.1. The second-order valence-corrected chi connectivity index (χ2v) is 11.2. The molecule has 2 aromatic rings. The van der Waals surface area contributed by atoms with E-state index in [0.29, 0.717) is 25.6 Å². The molecule has 2 fully saturated rings. The number of para-hydroxylation sites is 1. The molecule has 7 nitrogen and oxygen atoms in total. The fraction of sp³-hybridized carbons (Fsp3) is 0.621. The van der Waals surface area contributed by atoms with E-state index >= 15 is 0 Å². The Morgan fingerprint density at radius 2 is 1.89 bits per heavy atom. The Morgan fingerprint density at radius 3 is 2.67 bits per heavy atom. The molecule has 0 unspecified atom stereocenters. The van der Waals surface area contributed by atoms with Gasteiger partial charge in [-0.25, -0.2) is 0 Å². The molecule has 0 bridgehead atoms. The Labute approximate surface area is 215 Å². The fourth-order valence-electron chi connectivity index (χ4n) is 5.52. The average molecular weight is 495 g/mol. The Morgan fingerprint density at radius 1 is 1.11 bits per heavy atom. The number of amides is 2. The number of likely N-dealkylation sites (tertiary alicyclic amines) is 1. The molecule has 2 amide bonds. The van der Waals surface area contributed by atoms with Gasteiger partial charge < -0.3 is 15.4 Å². The Bertz CT molecular complexity index is 1030. The first-order valence-electron chi connectivity index (χ1n) is 13.6. The van der Waals surface area contributed by atoms with E-state index < -0.39 is 11.5 Å². The number of nitrogens with zero attached hydrogens (tertiary/aromatic N) is 2. The van der Waals surface area contributed by atoms with E-state index in [1.54, 1.807) is 0 Å². The van der Waals surface area contributed by atoms with Crippen molar-refractivity contribution in [2.75, 3.05) is 26.3 Å². The van der Waals surface area contributed by atoms with Crippen molar-refractivity contribution in [2.24, 2.45) is 11.3 Å². The zero-order chi connectivity index (χ0) is 25.5. The number of rotatable bonds is 4. The quantitative estimate of drug-likeness (QED) is 0.670. The van der Waals surface area contributed by atoms with E-state index in [1.807, 2.05) is 31.3 Å². The van der Waals surface area contributed by atoms with E-state index in [-0.39, 0.29) is 17.9 Å². The first kappa shape index (κ1) is 26.6. The molecule has 196 valence electrons. The highest BCUT2D eigenvalue weighted by Crippen LogP contribution is 2.38. The summed E-state index contributed by atoms with van der Waals surface area (Å²) in [6.45, 7) is 9.83. The standard InChI is InChI=1S/C29H42N4O3/c1-21(2)16-26-27(34)31-22(3)20-36-15-7-6-10-29(28(35)32-26)11-13-33(14-12-29)19-23-17-24-8-4-5-9-25(24)30-18-23/h4-5,8-9,17-18,21-22,26H,6-7,10-16,19-20H2,1-3H3,(H,31,34)(H,32,35)/t22-,26+/m1/s1. The molecule has 4 rings (SSSR count). The molecule has 3 heterocycles. The summed E-state index contributed by atoms with van der Waals surface area (Å²) < 4.78 is 5.81. The lowest BCUT2D eigenvalue weighted by Gasteiger charge is -2.41. The summed E-state index contributed by atoms with van der Waals surface area (Å²) in [5.74, 6) is 0.239. The molecule has 1 aromatic heterocycles. The molecular formula is C29H42N4O3. The van der Waals surface area contributed by atoms with E-state index in [4.69, 9.17) is 4.74 Å². The molecule has 7 heteroatoms. The van der Waals surface area contributed by atoms with E-state index in [2.05, 4.69) is 46.5 Å². The minimum atomic E-state index is -0.515. The molecule has 2 aliphatic heterocycles. The van der Waals surface area contributed by atoms with Crippen molar-refractivity contribution in [3.05, 3.63) is 42.1 Å². The zero-order valence-electron chi connectivity index (χ0n) is 22.1. The number of hydrogen-bond donors (Lipinski definition) is 2. The van der Waals surface area contributed by atoms with E-state index in [9.17, 15) is 9.59 Å². The third-order valence-corrected chi connectivity index (χ3v) is 7.63. The number of hydrogen-bond acceptors (Lipinski definition) is 5. The third kappa shape index (κ3) is 6.83. The summed E-state index contributed by atoms with van der Waals surface area (Å²) in [6, 6.07) is 9.81. The number of ether oxygens (including phenoxy) is 1. The van der Waals surface area contributed by atoms with Gasteiger partial charge in [0.2, 0.25) is 11.8 Å². The third-order valence-electron chi connectivity index (χ3n) is 7.63. The Kier molecular flexibility index (Phi) is 8.96. The highest BCUT2D eigenvalue weighted by molar-refractivity contribution is 5.90. The molecule has 0 saturated carbocycles. The predicted molar refractivity (Wildman–Crippen MR) is 142 cm³/mol. The van der Waals surface area contributed by atoms with Crippen molar-refractivity contribution in [1.29, 1.82) is 0 Å². The summed E-state index contributed by atoms with van der Waals surface area (Å²) in [4.78, 5) is 33.8. The second kappa shape index (κ2) is 12.2. The van der Waals surface area contributed by atoms with Crippen molar-refractivity contribution >= 4 is 22.7 Å². The average Bonchev–Trinajstić information content (AvgIpc) is 2.86. The van der Waals surface area contributed by atoms with Crippen LogP contribution in [0.25, 0.3) is 10.9 Å². The van der Waals surface area contributed by atoms with Crippen molar-refractivity contribution in [1.82, 2.24) is 20.5 Å². The molecule has 36 heavy (non-hydrogen) atoms. The molecular weight excluding hydrogens is 452 g/mol. The number of aromatic nitrogens is 1. The Balaban J connectivity index is 1.45. The number of carbonyl (C=O) groups is 2. The summed E-state index contributed by atoms with van der Waals surface area (Å²) in [6.07, 6.45) is 6.90. The topological polar surface area (TPSA) is 83.6 Å². The number of benzene rings is 1. The molecule has 0 radical (unpaired) electrons. The minimum absolute atomic E-state index is 0.0446. The van der Waals surface area contributed by atoms with Crippen LogP contribution in [0.4, 0.5) is 0 Å². The van der Waals surface area contributed by atoms with Crippen molar-refractivity contribution in [3.63, 3.8) is 0 Å². The molecule has 1 spiro atoms. The lowest BCUT2D eigenvalue weighted by Crippen LogP contribution is -2.55. The van der Waals surface area contributed by atoms with E-state index in [1.165, 1.54) is 5.56 Å². The first-order chi connectivity index (χ1) is 17.3. The van der Waals surface area contributed by atoms with Gasteiger partial charge in [-0.1, -0.05) is 38.5 Å². The fourth-order valence-corrected chi connectivity index (χ4v) is 5.52. The van der Waals surface area contributed by atoms with E-state index in [0.717, 1.165) is 62.6 Å². The number of piperidine rings is 1. The summed E-state index contributed by atoms with van der Waals surface area (Å²) >= 11 is 0. The van der Waals surface area contributed by atoms with Crippen LogP contribution in [0.15, 0.2) is 36.5 Å². The van der Waals surface area contributed by atoms with Gasteiger partial charge >= 0.3 is 0 Å². The van der Waals surface area contributed by atoms with Gasteiger partial charge in [-0.3, -0.25) is 19.5 Å². The van der Waals surface area contributed by atoms with Gasteiger partial charge in [-0.2, -0.15) is 0 Å². The molecule has 2 saturated heterocycles. The van der Waals surface area contributed by atoms with Crippen LogP contribution in [0.1, 0.15) is 64.9 Å². The summed E-state index contributed by atoms with van der Waals surface area (Å²) in [7, 11) is 0. The van der Waals surface area contributed by atoms with Gasteiger partial charge in [0.1, 0.15) is 6.04 Å². The van der Waals surface area contributed by atoms with Crippen LogP contribution < -0.4 is 10.6 Å². The van der Waals surface area contributed by atoms with Crippen LogP contribution in [0, 0.1) is 11.3 Å². The van der Waals surface area contributed by atoms with Gasteiger partial charge in [-0.05, 0) is 75.7 Å². The van der Waals surface area contributed by atoms with Crippen molar-refractivity contribution < 1.29 is 14.3 Å². The maximum Gasteiger partial charge on any atom is 0.242 e. The largest absolute Gasteiger partial charge is 0.379 e. The van der Waals surface area contributed by atoms with Crippen molar-refractivity contribution in [3.8, 4) is 0 Å². The van der Waals surface area contributed by atoms with Crippen LogP contribution in [-0.4, -0.2) is 60.1 Å². The monoisotopic (exact) mass is 494 g/mol. The van der Waals surface area contributed by atoms with Crippen LogP contribution >= 0.6 is 0 Å². The number of fused-ring (bicyclic) bond motifs is 1. The molecule has 2 N–H and O–H groups in total. The molecule has 1 aromatic carbocycles. The Hall–Kier alpha value is -2.51. The summed E-state index contributed by atoms with van der Waals surface area (Å²) in [5.41, 5.74) is 1.77. The van der Waals surface area contributed by atoms with Crippen LogP contribution in [0.3, 0.4) is 0 Å². The van der Waals surface area contributed by atoms with Crippen molar-refractivity contribution in [2.45, 2.75) is 77.9 Å². The highest BCUT2D eigenvalue weighted by atomic mass is 16.5. The molecule has 0 aliphatic carbocycles. The van der Waals surface area contributed by atoms with Gasteiger partial charge in [-0.15, -0.1) is 0 Å². The lowest BCUT2D eigenvalue weighted by atomic mass is 9.73. The maximum atomic E-state index is 13.8. The molecule has 2 aliphatic rings. The SMILES string of the molecule is CC(C)C[C@@H]1NC(=O)C2(CCCCOC[C@@H](C)NC1=O)CCN(Cc1cnc3ccccc3c1)CC2. The highest BCUT2D eigenvalue weighted by Gasteiger charge is 2.42. The van der Waals surface area contributed by atoms with Crippen LogP contribution in [0.2, 0.25) is 0 Å². The predicted octanol–water partition coefficient (Wildman–Crippen LogP) is 4.05. The van der Waals surface area contributed by atoms with Gasteiger partial charge in [0.15, 0.2) is 0 Å². The van der Waals surface area contributed by atoms with Crippen LogP contribution in [-0.2, 0) is 20.9 Å². The van der Waals surface area contributed by atoms with Gasteiger partial charge in [0.05, 0.1) is 17.5 Å². The summed E-state index contributed by atoms with van der Waals surface area (Å²) in [5, 5.41) is 7.38. The first-order valence-corrected chi connectivity index (χ1v) is 13.6. The van der Waals surface area contributed by atoms with Crippen LogP contribution in [0.5, 0.6) is 0 Å². The second-order valence-electron chi connectivity index (χ2n) is 11.2. The minimum Gasteiger partial charge on any atom is -0.379 e. The molecule has 2 atom stereocenters. The number of pyridine rings is 1. The van der Waals surface area contributed by atoms with Gasteiger partial charge in [0.25, 0.3) is 0 Å². The number of nitrogens with one attached hydrogen (secondary N) is 2. The van der Waals surface area contributed by atoms with Gasteiger partial charge in [0, 0.05) is 30.8 Å². The lowest BCUT2D eigenvalue weighted by molar-refractivity contribution is -0.138. The number of carbonyl (C=O) groups excluding carboxylic acids is 2. The smallest absolute Gasteiger partial charge is 0.242 e. The maximum absolute atomic E-state index is 13.8. The normalized spacial score (nSPS) is 24.6.